The maximum Gasteiger partial charge on any atom is 0.0438 e. The predicted octanol–water partition coefficient (Wildman–Crippen LogP) is 5.26. The van der Waals surface area contributed by atoms with Crippen molar-refractivity contribution in [1.82, 2.24) is 5.32 Å². The van der Waals surface area contributed by atoms with Crippen LogP contribution < -0.4 is 10.2 Å². The summed E-state index contributed by atoms with van der Waals surface area (Å²) in [6, 6.07) is 11.3. The van der Waals surface area contributed by atoms with Gasteiger partial charge in [0.1, 0.15) is 0 Å². The lowest BCUT2D eigenvalue weighted by Crippen LogP contribution is -2.44. The lowest BCUT2D eigenvalue weighted by Gasteiger charge is -2.33. The van der Waals surface area contributed by atoms with Crippen molar-refractivity contribution >= 4 is 28.9 Å². The van der Waals surface area contributed by atoms with Gasteiger partial charge < -0.3 is 10.2 Å². The summed E-state index contributed by atoms with van der Waals surface area (Å²) >= 11 is 12.5. The van der Waals surface area contributed by atoms with Gasteiger partial charge in [0.05, 0.1) is 0 Å². The van der Waals surface area contributed by atoms with E-state index in [1.165, 1.54) is 54.6 Å². The quantitative estimate of drug-likeness (QED) is 0.733. The number of nitrogens with zero attached hydrogens (tertiary/aromatic N) is 1. The average Bonchev–Trinajstić information content (AvgIpc) is 2.76. The third-order valence-corrected chi connectivity index (χ3v) is 6.48. The fourth-order valence-electron chi connectivity index (χ4n) is 5.01. The van der Waals surface area contributed by atoms with Crippen molar-refractivity contribution < 1.29 is 0 Å². The summed E-state index contributed by atoms with van der Waals surface area (Å²) in [5.41, 5.74) is 6.96. The molecule has 25 heavy (non-hydrogen) atoms. The predicted molar refractivity (Wildman–Crippen MR) is 106 cm³/mol. The molecule has 2 nitrogen and oxygen atoms in total. The molecule has 3 heterocycles. The lowest BCUT2D eigenvalue weighted by molar-refractivity contribution is 0.401. The molecule has 130 valence electrons. The Balaban J connectivity index is 1.69. The number of benzene rings is 2. The number of piperidine rings is 1. The molecule has 0 saturated carbocycles. The number of hydrogen-bond donors (Lipinski definition) is 1. The second-order valence-electron chi connectivity index (χ2n) is 7.55. The van der Waals surface area contributed by atoms with E-state index >= 15 is 0 Å². The highest BCUT2D eigenvalue weighted by atomic mass is 35.5. The largest absolute Gasteiger partial charge is 0.367 e. The van der Waals surface area contributed by atoms with Gasteiger partial charge in [-0.05, 0) is 84.8 Å². The molecular weight excluding hydrogens is 351 g/mol. The SMILES string of the molecule is Clc1cc(Cl)cc(-c2cc3c4c(c2)[C@H]2CNCC[C@H]2N4CCCC3)c1. The maximum absolute atomic E-state index is 6.26. The van der Waals surface area contributed by atoms with Crippen LogP contribution in [0.3, 0.4) is 0 Å². The number of halogens is 2. The minimum absolute atomic E-state index is 0.607. The molecule has 3 aliphatic rings. The Morgan fingerprint density at radius 1 is 0.960 bits per heavy atom. The molecule has 3 aliphatic heterocycles. The van der Waals surface area contributed by atoms with Gasteiger partial charge in [-0.1, -0.05) is 23.2 Å². The van der Waals surface area contributed by atoms with Crippen LogP contribution in [-0.4, -0.2) is 25.7 Å². The van der Waals surface area contributed by atoms with Crippen molar-refractivity contribution in [2.45, 2.75) is 37.6 Å². The van der Waals surface area contributed by atoms with E-state index in [1.54, 1.807) is 6.07 Å². The molecule has 0 radical (unpaired) electrons. The monoisotopic (exact) mass is 372 g/mol. The molecule has 0 aliphatic carbocycles. The van der Waals surface area contributed by atoms with E-state index in [4.69, 9.17) is 23.2 Å². The van der Waals surface area contributed by atoms with Crippen LogP contribution in [0.4, 0.5) is 5.69 Å². The molecule has 1 saturated heterocycles. The number of anilines is 1. The van der Waals surface area contributed by atoms with Crippen molar-refractivity contribution in [3.05, 3.63) is 51.5 Å². The second-order valence-corrected chi connectivity index (χ2v) is 8.42. The van der Waals surface area contributed by atoms with Crippen LogP contribution in [0, 0.1) is 0 Å². The molecule has 0 aromatic heterocycles. The van der Waals surface area contributed by atoms with Gasteiger partial charge in [0.2, 0.25) is 0 Å². The summed E-state index contributed by atoms with van der Waals surface area (Å²) in [6.07, 6.45) is 4.99. The zero-order chi connectivity index (χ0) is 17.0. The van der Waals surface area contributed by atoms with Gasteiger partial charge in [-0.25, -0.2) is 0 Å². The Morgan fingerprint density at radius 2 is 1.76 bits per heavy atom. The third kappa shape index (κ3) is 2.66. The number of nitrogens with one attached hydrogen (secondary N) is 1. The normalized spacial score (nSPS) is 24.6. The van der Waals surface area contributed by atoms with Crippen molar-refractivity contribution in [2.75, 3.05) is 24.5 Å². The molecule has 0 spiro atoms. The van der Waals surface area contributed by atoms with Crippen LogP contribution in [0.2, 0.25) is 10.0 Å². The highest BCUT2D eigenvalue weighted by Gasteiger charge is 2.41. The Kier molecular flexibility index (Phi) is 3.96. The molecule has 2 aromatic carbocycles. The lowest BCUT2D eigenvalue weighted by atomic mass is 9.87. The average molecular weight is 373 g/mol. The Hall–Kier alpha value is -1.22. The molecule has 0 amide bonds. The number of hydrogen-bond acceptors (Lipinski definition) is 2. The first-order chi connectivity index (χ1) is 12.2. The fraction of sp³-hybridized carbons (Fsp3) is 0.429. The van der Waals surface area contributed by atoms with Gasteiger partial charge in [-0.3, -0.25) is 0 Å². The first-order valence-electron chi connectivity index (χ1n) is 9.31. The summed E-state index contributed by atoms with van der Waals surface area (Å²) < 4.78 is 0. The van der Waals surface area contributed by atoms with Gasteiger partial charge in [-0.2, -0.15) is 0 Å². The van der Waals surface area contributed by atoms with Gasteiger partial charge >= 0.3 is 0 Å². The van der Waals surface area contributed by atoms with Gasteiger partial charge in [0, 0.05) is 40.8 Å². The highest BCUT2D eigenvalue weighted by molar-refractivity contribution is 6.35. The molecule has 5 rings (SSSR count). The van der Waals surface area contributed by atoms with E-state index in [2.05, 4.69) is 22.3 Å². The second kappa shape index (κ2) is 6.19. The standard InChI is InChI=1S/C21H22Cl2N2/c22-16-8-15(9-17(23)11-16)14-7-13-3-1-2-6-25-20-4-5-24-12-19(20)18(10-14)21(13)25/h7-11,19-20,24H,1-6,12H2/t19-,20-/m1/s1. The van der Waals surface area contributed by atoms with E-state index < -0.39 is 0 Å². The van der Waals surface area contributed by atoms with Crippen molar-refractivity contribution in [3.63, 3.8) is 0 Å². The summed E-state index contributed by atoms with van der Waals surface area (Å²) in [7, 11) is 0. The Morgan fingerprint density at radius 3 is 2.60 bits per heavy atom. The zero-order valence-corrected chi connectivity index (χ0v) is 15.7. The molecular formula is C21H22Cl2N2. The van der Waals surface area contributed by atoms with E-state index in [-0.39, 0.29) is 0 Å². The minimum Gasteiger partial charge on any atom is -0.367 e. The van der Waals surface area contributed by atoms with E-state index in [1.807, 2.05) is 12.1 Å². The Bertz CT molecular complexity index is 813. The highest BCUT2D eigenvalue weighted by Crippen LogP contribution is 2.48. The molecule has 2 atom stereocenters. The van der Waals surface area contributed by atoms with Crippen molar-refractivity contribution in [2.24, 2.45) is 0 Å². The van der Waals surface area contributed by atoms with Crippen molar-refractivity contribution in [1.29, 1.82) is 0 Å². The Labute approximate surface area is 159 Å². The smallest absolute Gasteiger partial charge is 0.0438 e. The van der Waals surface area contributed by atoms with E-state index in [0.717, 1.165) is 18.7 Å². The van der Waals surface area contributed by atoms with Crippen LogP contribution >= 0.6 is 23.2 Å². The molecule has 0 bridgehead atoms. The van der Waals surface area contributed by atoms with Crippen LogP contribution in [-0.2, 0) is 6.42 Å². The van der Waals surface area contributed by atoms with Gasteiger partial charge in [-0.15, -0.1) is 0 Å². The van der Waals surface area contributed by atoms with E-state index in [9.17, 15) is 0 Å². The summed E-state index contributed by atoms with van der Waals surface area (Å²) in [6.45, 7) is 3.44. The van der Waals surface area contributed by atoms with Crippen LogP contribution in [0.5, 0.6) is 0 Å². The summed E-state index contributed by atoms with van der Waals surface area (Å²) in [5, 5.41) is 5.01. The van der Waals surface area contributed by atoms with E-state index in [0.29, 0.717) is 22.0 Å². The minimum atomic E-state index is 0.607. The molecule has 2 aromatic rings. The van der Waals surface area contributed by atoms with Crippen LogP contribution in [0.1, 0.15) is 36.3 Å². The first kappa shape index (κ1) is 16.0. The third-order valence-electron chi connectivity index (χ3n) is 6.04. The molecule has 1 fully saturated rings. The molecule has 1 N–H and O–H groups in total. The molecule has 4 heteroatoms. The van der Waals surface area contributed by atoms with Crippen LogP contribution in [0.25, 0.3) is 11.1 Å². The van der Waals surface area contributed by atoms with Crippen LogP contribution in [0.15, 0.2) is 30.3 Å². The maximum atomic E-state index is 6.26. The number of rotatable bonds is 1. The number of fused-ring (bicyclic) bond motifs is 3. The molecule has 0 unspecified atom stereocenters. The van der Waals surface area contributed by atoms with Crippen molar-refractivity contribution in [3.8, 4) is 11.1 Å². The van der Waals surface area contributed by atoms with Gasteiger partial charge in [0.25, 0.3) is 0 Å². The summed E-state index contributed by atoms with van der Waals surface area (Å²) in [4.78, 5) is 2.72. The first-order valence-corrected chi connectivity index (χ1v) is 10.1. The fourth-order valence-corrected chi connectivity index (χ4v) is 5.53. The number of aryl methyl sites for hydroxylation is 1. The zero-order valence-electron chi connectivity index (χ0n) is 14.2. The van der Waals surface area contributed by atoms with Gasteiger partial charge in [0.15, 0.2) is 0 Å². The summed E-state index contributed by atoms with van der Waals surface area (Å²) in [5.74, 6) is 0.607. The topological polar surface area (TPSA) is 15.3 Å².